The quantitative estimate of drug-likeness (QED) is 0.815. The molecule has 3 atom stereocenters. The van der Waals surface area contributed by atoms with E-state index in [0.717, 1.165) is 11.1 Å². The molecule has 5 heteroatoms. The largest absolute Gasteiger partial charge is 0.261 e. The van der Waals surface area contributed by atoms with Gasteiger partial charge in [0.2, 0.25) is 0 Å². The molecule has 0 radical (unpaired) electrons. The summed E-state index contributed by atoms with van der Waals surface area (Å²) in [6, 6.07) is 12.9. The number of aryl methyl sites for hydroxylation is 1. The first-order chi connectivity index (χ1) is 9.51. The lowest BCUT2D eigenvalue weighted by molar-refractivity contribution is 0.544. The Bertz CT molecular complexity index is 711. The van der Waals surface area contributed by atoms with Crippen molar-refractivity contribution < 1.29 is 8.42 Å². The predicted molar refractivity (Wildman–Crippen MR) is 76.6 cm³/mol. The Balaban J connectivity index is 1.92. The molecule has 0 N–H and O–H groups in total. The highest BCUT2D eigenvalue weighted by molar-refractivity contribution is 7.89. The zero-order chi connectivity index (χ0) is 14.3. The summed E-state index contributed by atoms with van der Waals surface area (Å²) < 4.78 is 26.6. The van der Waals surface area contributed by atoms with Crippen LogP contribution in [0.1, 0.15) is 24.1 Å². The number of aromatic nitrogens is 1. The molecule has 1 aromatic carbocycles. The molecule has 0 spiro atoms. The van der Waals surface area contributed by atoms with Crippen LogP contribution in [-0.2, 0) is 10.0 Å². The summed E-state index contributed by atoms with van der Waals surface area (Å²) in [7, 11) is -3.51. The van der Waals surface area contributed by atoms with E-state index in [4.69, 9.17) is 0 Å². The summed E-state index contributed by atoms with van der Waals surface area (Å²) in [4.78, 5) is 4.04. The molecule has 1 saturated heterocycles. The van der Waals surface area contributed by atoms with Gasteiger partial charge in [0.25, 0.3) is 10.0 Å². The number of sulfonamides is 1. The predicted octanol–water partition coefficient (Wildman–Crippen LogP) is 2.52. The maximum absolute atomic E-state index is 12.6. The van der Waals surface area contributed by atoms with Crippen molar-refractivity contribution in [3.8, 4) is 0 Å². The Morgan fingerprint density at radius 2 is 1.80 bits per heavy atom. The Hall–Kier alpha value is -1.72. The fourth-order valence-corrected chi connectivity index (χ4v) is 4.22. The molecule has 3 rings (SSSR count). The standard InChI is InChI=1S/C15H16N2O2S/c1-11-8-9-14(16-10-11)20(18,19)17-12(2)15(17)13-6-4-3-5-7-13/h3-10,12,15H,1-2H3. The molecule has 2 aromatic rings. The van der Waals surface area contributed by atoms with Crippen molar-refractivity contribution >= 4 is 10.0 Å². The van der Waals surface area contributed by atoms with E-state index in [1.165, 1.54) is 4.31 Å². The molecule has 1 aromatic heterocycles. The lowest BCUT2D eigenvalue weighted by atomic mass is 10.1. The molecule has 0 saturated carbocycles. The molecule has 1 aliphatic heterocycles. The average Bonchev–Trinajstić information content (AvgIpc) is 3.13. The van der Waals surface area contributed by atoms with E-state index in [0.29, 0.717) is 0 Å². The zero-order valence-electron chi connectivity index (χ0n) is 11.4. The van der Waals surface area contributed by atoms with Crippen molar-refractivity contribution in [3.63, 3.8) is 0 Å². The van der Waals surface area contributed by atoms with Crippen LogP contribution in [0.4, 0.5) is 0 Å². The lowest BCUT2D eigenvalue weighted by Crippen LogP contribution is -2.15. The van der Waals surface area contributed by atoms with E-state index in [1.807, 2.05) is 44.2 Å². The van der Waals surface area contributed by atoms with Gasteiger partial charge in [0.15, 0.2) is 5.03 Å². The highest BCUT2D eigenvalue weighted by Crippen LogP contribution is 2.46. The summed E-state index contributed by atoms with van der Waals surface area (Å²) in [5.74, 6) is 0. The van der Waals surface area contributed by atoms with Gasteiger partial charge in [-0.3, -0.25) is 0 Å². The number of hydrogen-bond acceptors (Lipinski definition) is 3. The molecular weight excluding hydrogens is 272 g/mol. The van der Waals surface area contributed by atoms with Crippen LogP contribution >= 0.6 is 0 Å². The second-order valence-electron chi connectivity index (χ2n) is 5.10. The van der Waals surface area contributed by atoms with Crippen LogP contribution in [-0.4, -0.2) is 23.7 Å². The van der Waals surface area contributed by atoms with Crippen molar-refractivity contribution in [1.82, 2.24) is 9.29 Å². The first kappa shape index (κ1) is 13.3. The molecule has 2 heterocycles. The Kier molecular flexibility index (Phi) is 3.11. The van der Waals surface area contributed by atoms with Crippen LogP contribution in [0.25, 0.3) is 0 Å². The van der Waals surface area contributed by atoms with Gasteiger partial charge in [0.1, 0.15) is 0 Å². The first-order valence-corrected chi connectivity index (χ1v) is 7.97. The third kappa shape index (κ3) is 2.13. The van der Waals surface area contributed by atoms with E-state index in [-0.39, 0.29) is 17.1 Å². The van der Waals surface area contributed by atoms with Crippen LogP contribution in [0.15, 0.2) is 53.7 Å². The van der Waals surface area contributed by atoms with Crippen molar-refractivity contribution in [3.05, 3.63) is 59.8 Å². The molecule has 0 amide bonds. The van der Waals surface area contributed by atoms with Crippen LogP contribution in [0.2, 0.25) is 0 Å². The third-order valence-corrected chi connectivity index (χ3v) is 5.49. The normalized spacial score (nSPS) is 25.4. The SMILES string of the molecule is Cc1ccc(S(=O)(=O)N2C(C)C2c2ccccc2)nc1. The topological polar surface area (TPSA) is 50.0 Å². The van der Waals surface area contributed by atoms with E-state index in [9.17, 15) is 8.42 Å². The van der Waals surface area contributed by atoms with E-state index in [2.05, 4.69) is 4.98 Å². The van der Waals surface area contributed by atoms with Crippen molar-refractivity contribution in [2.24, 2.45) is 0 Å². The molecule has 0 aliphatic carbocycles. The van der Waals surface area contributed by atoms with Gasteiger partial charge < -0.3 is 0 Å². The molecular formula is C15H16N2O2S. The molecule has 20 heavy (non-hydrogen) atoms. The smallest absolute Gasteiger partial charge is 0.243 e. The number of pyridine rings is 1. The molecule has 4 nitrogen and oxygen atoms in total. The Morgan fingerprint density at radius 1 is 1.10 bits per heavy atom. The monoisotopic (exact) mass is 288 g/mol. The third-order valence-electron chi connectivity index (χ3n) is 3.61. The van der Waals surface area contributed by atoms with Gasteiger partial charge in [0.05, 0.1) is 6.04 Å². The minimum absolute atomic E-state index is 0.0227. The van der Waals surface area contributed by atoms with Crippen molar-refractivity contribution in [2.45, 2.75) is 31.0 Å². The molecule has 104 valence electrons. The summed E-state index contributed by atoms with van der Waals surface area (Å²) in [6.45, 7) is 3.81. The highest BCUT2D eigenvalue weighted by atomic mass is 32.2. The van der Waals surface area contributed by atoms with E-state index < -0.39 is 10.0 Å². The van der Waals surface area contributed by atoms with Gasteiger partial charge in [-0.2, -0.15) is 4.31 Å². The van der Waals surface area contributed by atoms with Crippen LogP contribution in [0, 0.1) is 6.92 Å². The summed E-state index contributed by atoms with van der Waals surface area (Å²) in [6.07, 6.45) is 1.58. The van der Waals surface area contributed by atoms with Gasteiger partial charge in [-0.15, -0.1) is 0 Å². The second-order valence-corrected chi connectivity index (χ2v) is 6.89. The van der Waals surface area contributed by atoms with Crippen molar-refractivity contribution in [2.75, 3.05) is 0 Å². The summed E-state index contributed by atoms with van der Waals surface area (Å²) >= 11 is 0. The fraction of sp³-hybridized carbons (Fsp3) is 0.267. The molecule has 1 fully saturated rings. The molecule has 0 bridgehead atoms. The second kappa shape index (κ2) is 4.68. The number of rotatable bonds is 3. The average molecular weight is 288 g/mol. The van der Waals surface area contributed by atoms with Crippen LogP contribution in [0.5, 0.6) is 0 Å². The lowest BCUT2D eigenvalue weighted by Gasteiger charge is -2.06. The van der Waals surface area contributed by atoms with Crippen LogP contribution < -0.4 is 0 Å². The molecule has 3 unspecified atom stereocenters. The number of benzene rings is 1. The summed E-state index contributed by atoms with van der Waals surface area (Å²) in [5.41, 5.74) is 1.97. The minimum atomic E-state index is -3.51. The summed E-state index contributed by atoms with van der Waals surface area (Å²) in [5, 5.41) is 0.119. The van der Waals surface area contributed by atoms with Gasteiger partial charge in [0, 0.05) is 12.2 Å². The Labute approximate surface area is 119 Å². The van der Waals surface area contributed by atoms with Crippen LogP contribution in [0.3, 0.4) is 0 Å². The maximum atomic E-state index is 12.6. The van der Waals surface area contributed by atoms with E-state index in [1.54, 1.807) is 18.3 Å². The van der Waals surface area contributed by atoms with Gasteiger partial charge in [-0.05, 0) is 31.0 Å². The first-order valence-electron chi connectivity index (χ1n) is 6.53. The minimum Gasteiger partial charge on any atom is -0.243 e. The molecule has 1 aliphatic rings. The van der Waals surface area contributed by atoms with Crippen molar-refractivity contribution in [1.29, 1.82) is 0 Å². The maximum Gasteiger partial charge on any atom is 0.261 e. The van der Waals surface area contributed by atoms with Gasteiger partial charge in [-0.1, -0.05) is 36.4 Å². The van der Waals surface area contributed by atoms with E-state index >= 15 is 0 Å². The zero-order valence-corrected chi connectivity index (χ0v) is 12.2. The van der Waals surface area contributed by atoms with Gasteiger partial charge >= 0.3 is 0 Å². The fourth-order valence-electron chi connectivity index (χ4n) is 2.48. The highest BCUT2D eigenvalue weighted by Gasteiger charge is 2.53. The Morgan fingerprint density at radius 3 is 2.40 bits per heavy atom. The number of nitrogens with zero attached hydrogens (tertiary/aromatic N) is 2. The number of hydrogen-bond donors (Lipinski definition) is 0. The van der Waals surface area contributed by atoms with Gasteiger partial charge in [-0.25, -0.2) is 13.4 Å².